The molecule has 0 aromatic carbocycles. The Labute approximate surface area is 85.9 Å². The first-order chi connectivity index (χ1) is 6.81. The van der Waals surface area contributed by atoms with Gasteiger partial charge in [0.15, 0.2) is 0 Å². The summed E-state index contributed by atoms with van der Waals surface area (Å²) in [6.45, 7) is 2.82. The van der Waals surface area contributed by atoms with Gasteiger partial charge < -0.3 is 4.74 Å². The summed E-state index contributed by atoms with van der Waals surface area (Å²) in [5, 5.41) is 3.22. The Morgan fingerprint density at radius 3 is 3.36 bits per heavy atom. The van der Waals surface area contributed by atoms with Gasteiger partial charge in [0.1, 0.15) is 0 Å². The molecule has 0 radical (unpaired) electrons. The number of thiophene rings is 1. The topological polar surface area (TPSA) is 29.5 Å². The average Bonchev–Trinajstić information content (AvgIpc) is 2.64. The van der Waals surface area contributed by atoms with Crippen molar-refractivity contribution in [1.82, 2.24) is 4.90 Å². The van der Waals surface area contributed by atoms with Crippen molar-refractivity contribution in [3.63, 3.8) is 0 Å². The first-order valence-electron chi connectivity index (χ1n) is 4.50. The van der Waals surface area contributed by atoms with Crippen molar-refractivity contribution in [1.29, 1.82) is 0 Å². The lowest BCUT2D eigenvalue weighted by Crippen LogP contribution is -2.36. The molecule has 0 fully saturated rings. The van der Waals surface area contributed by atoms with E-state index in [1.165, 1.54) is 5.22 Å². The molecular weight excluding hydrogens is 198 g/mol. The fourth-order valence-electron chi connectivity index (χ4n) is 1.33. The Kier molecular flexibility index (Phi) is 2.54. The fraction of sp³-hybridized carbons (Fsp3) is 0.300. The zero-order chi connectivity index (χ0) is 9.97. The van der Waals surface area contributed by atoms with E-state index in [9.17, 15) is 4.79 Å². The summed E-state index contributed by atoms with van der Waals surface area (Å²) in [6.07, 6.45) is 3.60. The van der Waals surface area contributed by atoms with Crippen molar-refractivity contribution in [3.05, 3.63) is 21.2 Å². The third-order valence-corrected chi connectivity index (χ3v) is 2.88. The minimum Gasteiger partial charge on any atom is -0.449 e. The molecule has 0 unspecified atom stereocenters. The van der Waals surface area contributed by atoms with Crippen molar-refractivity contribution in [2.75, 3.05) is 13.2 Å². The standard InChI is InChI=1S/C10H11NO2S/c1-2-13-10(12)11-5-3-8-4-6-14-9(8)7-11/h3-4,6-7H,2,5H2,1H3. The lowest BCUT2D eigenvalue weighted by atomic mass is 10.3. The number of fused-ring (bicyclic) bond motifs is 1. The largest absolute Gasteiger partial charge is 0.449 e. The van der Waals surface area contributed by atoms with Crippen LogP contribution in [0, 0.1) is 0 Å². The number of nitrogens with zero attached hydrogens (tertiary/aromatic N) is 1. The van der Waals surface area contributed by atoms with E-state index in [-0.39, 0.29) is 6.09 Å². The molecule has 1 amide bonds. The highest BCUT2D eigenvalue weighted by molar-refractivity contribution is 7.07. The molecule has 2 heterocycles. The Balaban J connectivity index is 2.25. The summed E-state index contributed by atoms with van der Waals surface area (Å²) >= 11 is 1.63. The second-order valence-corrected chi connectivity index (χ2v) is 3.87. The predicted molar refractivity (Wildman–Crippen MR) is 56.2 cm³/mol. The van der Waals surface area contributed by atoms with Crippen LogP contribution in [-0.2, 0) is 4.74 Å². The van der Waals surface area contributed by atoms with Gasteiger partial charge in [0.2, 0.25) is 0 Å². The van der Waals surface area contributed by atoms with E-state index >= 15 is 0 Å². The monoisotopic (exact) mass is 209 g/mol. The molecule has 0 saturated heterocycles. The highest BCUT2D eigenvalue weighted by Crippen LogP contribution is 1.99. The van der Waals surface area contributed by atoms with Crippen LogP contribution in [-0.4, -0.2) is 24.1 Å². The molecule has 14 heavy (non-hydrogen) atoms. The summed E-state index contributed by atoms with van der Waals surface area (Å²) in [7, 11) is 0. The molecule has 0 aliphatic carbocycles. The third kappa shape index (κ3) is 1.65. The van der Waals surface area contributed by atoms with E-state index in [0.29, 0.717) is 13.2 Å². The van der Waals surface area contributed by atoms with Crippen LogP contribution in [0.4, 0.5) is 4.79 Å². The normalized spacial score (nSPS) is 13.9. The maximum atomic E-state index is 11.4. The molecule has 1 aromatic heterocycles. The molecule has 4 heteroatoms. The molecule has 0 spiro atoms. The molecule has 1 aliphatic rings. The van der Waals surface area contributed by atoms with E-state index < -0.39 is 0 Å². The minimum absolute atomic E-state index is 0.275. The van der Waals surface area contributed by atoms with E-state index in [0.717, 1.165) is 4.53 Å². The fourth-order valence-corrected chi connectivity index (χ4v) is 2.17. The number of hydrogen-bond donors (Lipinski definition) is 0. The van der Waals surface area contributed by atoms with Crippen molar-refractivity contribution < 1.29 is 9.53 Å². The van der Waals surface area contributed by atoms with Crippen LogP contribution in [0.3, 0.4) is 0 Å². The maximum absolute atomic E-state index is 11.4. The lowest BCUT2D eigenvalue weighted by molar-refractivity contribution is 0.130. The van der Waals surface area contributed by atoms with Gasteiger partial charge in [0.05, 0.1) is 11.1 Å². The van der Waals surface area contributed by atoms with Crippen molar-refractivity contribution in [2.45, 2.75) is 6.92 Å². The number of carbonyl (C=O) groups is 1. The molecular formula is C10H11NO2S. The van der Waals surface area contributed by atoms with Crippen molar-refractivity contribution in [3.8, 4) is 0 Å². The Bertz CT molecular complexity index is 449. The molecule has 0 bridgehead atoms. The van der Waals surface area contributed by atoms with Gasteiger partial charge in [-0.2, -0.15) is 0 Å². The third-order valence-electron chi connectivity index (χ3n) is 2.01. The van der Waals surface area contributed by atoms with Crippen LogP contribution in [0.5, 0.6) is 0 Å². The summed E-state index contributed by atoms with van der Waals surface area (Å²) in [6, 6.07) is 2.05. The second kappa shape index (κ2) is 3.84. The summed E-state index contributed by atoms with van der Waals surface area (Å²) in [5.74, 6) is 0. The van der Waals surface area contributed by atoms with Gasteiger partial charge in [-0.15, -0.1) is 11.3 Å². The van der Waals surface area contributed by atoms with E-state index in [2.05, 4.69) is 6.07 Å². The molecule has 0 atom stereocenters. The first kappa shape index (κ1) is 9.27. The Morgan fingerprint density at radius 1 is 1.71 bits per heavy atom. The van der Waals surface area contributed by atoms with E-state index in [4.69, 9.17) is 4.74 Å². The number of carbonyl (C=O) groups excluding carboxylic acids is 1. The highest BCUT2D eigenvalue weighted by atomic mass is 32.1. The molecule has 1 aliphatic heterocycles. The van der Waals surface area contributed by atoms with E-state index in [1.54, 1.807) is 16.2 Å². The molecule has 3 nitrogen and oxygen atoms in total. The number of hydrogen-bond acceptors (Lipinski definition) is 3. The van der Waals surface area contributed by atoms with Crippen molar-refractivity contribution in [2.24, 2.45) is 0 Å². The zero-order valence-electron chi connectivity index (χ0n) is 7.90. The molecule has 1 aromatic rings. The number of amides is 1. The number of ether oxygens (including phenoxy) is 1. The maximum Gasteiger partial charge on any atom is 0.414 e. The van der Waals surface area contributed by atoms with Gasteiger partial charge in [-0.25, -0.2) is 4.79 Å². The van der Waals surface area contributed by atoms with Gasteiger partial charge >= 0.3 is 6.09 Å². The smallest absolute Gasteiger partial charge is 0.414 e. The van der Waals surface area contributed by atoms with Crippen LogP contribution in [0.1, 0.15) is 6.92 Å². The van der Waals surface area contributed by atoms with Gasteiger partial charge in [0, 0.05) is 12.7 Å². The van der Waals surface area contributed by atoms with Crippen LogP contribution in [0.25, 0.3) is 12.3 Å². The van der Waals surface area contributed by atoms with Crippen LogP contribution in [0.15, 0.2) is 11.4 Å². The van der Waals surface area contributed by atoms with Gasteiger partial charge in [-0.05, 0) is 23.6 Å². The van der Waals surface area contributed by atoms with Gasteiger partial charge in [-0.3, -0.25) is 4.90 Å². The zero-order valence-corrected chi connectivity index (χ0v) is 8.71. The number of rotatable bonds is 1. The van der Waals surface area contributed by atoms with Crippen molar-refractivity contribution >= 4 is 29.7 Å². The van der Waals surface area contributed by atoms with Crippen LogP contribution in [0.2, 0.25) is 0 Å². The lowest BCUT2D eigenvalue weighted by Gasteiger charge is -2.16. The van der Waals surface area contributed by atoms with Crippen LogP contribution >= 0.6 is 11.3 Å². The first-order valence-corrected chi connectivity index (χ1v) is 5.38. The quantitative estimate of drug-likeness (QED) is 0.682. The Hall–Kier alpha value is -1.29. The van der Waals surface area contributed by atoms with E-state index in [1.807, 2.05) is 24.6 Å². The SMILES string of the molecule is CCOC(=O)N1C=c2sccc2=CC1. The predicted octanol–water partition coefficient (Wildman–Crippen LogP) is 0.739. The van der Waals surface area contributed by atoms with Gasteiger partial charge in [-0.1, -0.05) is 6.08 Å². The summed E-state index contributed by atoms with van der Waals surface area (Å²) in [5.41, 5.74) is 0. The second-order valence-electron chi connectivity index (χ2n) is 2.92. The molecule has 2 rings (SSSR count). The summed E-state index contributed by atoms with van der Waals surface area (Å²) < 4.78 is 6.03. The molecule has 74 valence electrons. The van der Waals surface area contributed by atoms with Gasteiger partial charge in [0.25, 0.3) is 0 Å². The van der Waals surface area contributed by atoms with Crippen LogP contribution < -0.4 is 9.75 Å². The average molecular weight is 209 g/mol. The summed E-state index contributed by atoms with van der Waals surface area (Å²) in [4.78, 5) is 13.0. The highest BCUT2D eigenvalue weighted by Gasteiger charge is 2.12. The Morgan fingerprint density at radius 2 is 2.57 bits per heavy atom. The molecule has 0 saturated carbocycles. The molecule has 0 N–H and O–H groups in total. The minimum atomic E-state index is -0.275.